The number of piperidine rings is 1. The molecule has 1 saturated heterocycles. The highest BCUT2D eigenvalue weighted by Gasteiger charge is 2.32. The van der Waals surface area contributed by atoms with Crippen molar-refractivity contribution in [3.05, 3.63) is 28.3 Å². The highest BCUT2D eigenvalue weighted by atomic mass is 35.5. The highest BCUT2D eigenvalue weighted by molar-refractivity contribution is 6.31. The maximum atomic E-state index is 12.8. The lowest BCUT2D eigenvalue weighted by atomic mass is 9.91. The Morgan fingerprint density at radius 3 is 2.70 bits per heavy atom. The largest absolute Gasteiger partial charge is 0.496 e. The Bertz CT molecular complexity index is 470. The second-order valence-electron chi connectivity index (χ2n) is 5.05. The van der Waals surface area contributed by atoms with Gasteiger partial charge in [-0.05, 0) is 50.4 Å². The third-order valence-electron chi connectivity index (χ3n) is 3.59. The van der Waals surface area contributed by atoms with Crippen molar-refractivity contribution < 1.29 is 17.9 Å². The molecule has 1 heterocycles. The third-order valence-corrected chi connectivity index (χ3v) is 3.93. The highest BCUT2D eigenvalue weighted by Crippen LogP contribution is 2.38. The molecule has 1 N–H and O–H groups in total. The van der Waals surface area contributed by atoms with Crippen molar-refractivity contribution in [1.29, 1.82) is 0 Å². The third kappa shape index (κ3) is 3.58. The lowest BCUT2D eigenvalue weighted by molar-refractivity contribution is -0.137. The fourth-order valence-electron chi connectivity index (χ4n) is 2.54. The van der Waals surface area contributed by atoms with Crippen LogP contribution in [0.1, 0.15) is 24.0 Å². The van der Waals surface area contributed by atoms with Gasteiger partial charge in [0, 0.05) is 10.6 Å². The first kappa shape index (κ1) is 15.4. The molecule has 2 rings (SSSR count). The zero-order valence-corrected chi connectivity index (χ0v) is 11.9. The molecule has 0 radical (unpaired) electrons. The molecule has 1 fully saturated rings. The van der Waals surface area contributed by atoms with Gasteiger partial charge in [0.25, 0.3) is 0 Å². The van der Waals surface area contributed by atoms with E-state index in [4.69, 9.17) is 16.3 Å². The molecule has 20 heavy (non-hydrogen) atoms. The van der Waals surface area contributed by atoms with Gasteiger partial charge in [-0.15, -0.1) is 0 Å². The smallest absolute Gasteiger partial charge is 0.416 e. The van der Waals surface area contributed by atoms with Crippen molar-refractivity contribution >= 4 is 11.6 Å². The van der Waals surface area contributed by atoms with Crippen LogP contribution in [0.15, 0.2) is 12.1 Å². The van der Waals surface area contributed by atoms with E-state index in [9.17, 15) is 13.2 Å². The number of ether oxygens (including phenoxy) is 1. The van der Waals surface area contributed by atoms with Crippen LogP contribution in [-0.4, -0.2) is 20.2 Å². The van der Waals surface area contributed by atoms with E-state index in [0.717, 1.165) is 38.1 Å². The van der Waals surface area contributed by atoms with Crippen LogP contribution in [0.3, 0.4) is 0 Å². The molecule has 1 aliphatic rings. The number of methoxy groups -OCH3 is 1. The second-order valence-corrected chi connectivity index (χ2v) is 5.46. The van der Waals surface area contributed by atoms with Crippen LogP contribution in [0.5, 0.6) is 5.75 Å². The molecule has 0 saturated carbocycles. The maximum absolute atomic E-state index is 12.8. The van der Waals surface area contributed by atoms with E-state index >= 15 is 0 Å². The van der Waals surface area contributed by atoms with Gasteiger partial charge in [0.05, 0.1) is 12.7 Å². The molecule has 112 valence electrons. The summed E-state index contributed by atoms with van der Waals surface area (Å²) in [5.41, 5.74) is -0.110. The van der Waals surface area contributed by atoms with Crippen molar-refractivity contribution in [2.45, 2.75) is 25.4 Å². The first-order valence-electron chi connectivity index (χ1n) is 6.56. The molecule has 2 nitrogen and oxygen atoms in total. The lowest BCUT2D eigenvalue weighted by Gasteiger charge is -2.24. The number of alkyl halides is 3. The van der Waals surface area contributed by atoms with Crippen molar-refractivity contribution in [2.24, 2.45) is 5.92 Å². The average Bonchev–Trinajstić information content (AvgIpc) is 2.40. The van der Waals surface area contributed by atoms with Gasteiger partial charge in [-0.1, -0.05) is 11.6 Å². The van der Waals surface area contributed by atoms with E-state index in [0.29, 0.717) is 17.9 Å². The number of benzene rings is 1. The standard InChI is InChI=1S/C14H17ClF3NO/c1-20-13-7-10(14(16,17)18)6-12(15)11(13)5-9-3-2-4-19-8-9/h6-7,9,19H,2-5,8H2,1H3. The van der Waals surface area contributed by atoms with Gasteiger partial charge < -0.3 is 10.1 Å². The number of nitrogens with one attached hydrogen (secondary N) is 1. The predicted molar refractivity (Wildman–Crippen MR) is 72.3 cm³/mol. The Hall–Kier alpha value is -0.940. The van der Waals surface area contributed by atoms with Crippen LogP contribution in [0.4, 0.5) is 13.2 Å². The molecule has 0 bridgehead atoms. The first-order valence-corrected chi connectivity index (χ1v) is 6.94. The van der Waals surface area contributed by atoms with Crippen LogP contribution >= 0.6 is 11.6 Å². The first-order chi connectivity index (χ1) is 9.41. The molecular formula is C14H17ClF3NO. The summed E-state index contributed by atoms with van der Waals surface area (Å²) in [6, 6.07) is 2.01. The normalized spacial score (nSPS) is 19.9. The summed E-state index contributed by atoms with van der Waals surface area (Å²) < 4.78 is 43.3. The minimum atomic E-state index is -4.41. The predicted octanol–water partition coefficient (Wildman–Crippen LogP) is 3.91. The van der Waals surface area contributed by atoms with E-state index in [1.807, 2.05) is 0 Å². The Balaban J connectivity index is 2.27. The molecular weight excluding hydrogens is 291 g/mol. The summed E-state index contributed by atoms with van der Waals surface area (Å²) in [7, 11) is 1.37. The Labute approximate surface area is 121 Å². The van der Waals surface area contributed by atoms with Gasteiger partial charge in [-0.3, -0.25) is 0 Å². The van der Waals surface area contributed by atoms with Gasteiger partial charge in [-0.25, -0.2) is 0 Å². The number of hydrogen-bond acceptors (Lipinski definition) is 2. The number of hydrogen-bond donors (Lipinski definition) is 1. The van der Waals surface area contributed by atoms with Gasteiger partial charge in [0.1, 0.15) is 5.75 Å². The minimum Gasteiger partial charge on any atom is -0.496 e. The van der Waals surface area contributed by atoms with Crippen molar-refractivity contribution in [2.75, 3.05) is 20.2 Å². The summed E-state index contributed by atoms with van der Waals surface area (Å²) in [5.74, 6) is 0.599. The molecule has 1 aromatic carbocycles. The molecule has 1 atom stereocenters. The van der Waals surface area contributed by atoms with Crippen LogP contribution in [-0.2, 0) is 12.6 Å². The molecule has 1 aliphatic heterocycles. The summed E-state index contributed by atoms with van der Waals surface area (Å²) in [5, 5.41) is 3.41. The van der Waals surface area contributed by atoms with E-state index in [1.165, 1.54) is 7.11 Å². The van der Waals surface area contributed by atoms with Crippen LogP contribution in [0, 0.1) is 5.92 Å². The Morgan fingerprint density at radius 1 is 1.40 bits per heavy atom. The molecule has 1 aromatic rings. The van der Waals surface area contributed by atoms with Gasteiger partial charge in [0.2, 0.25) is 0 Å². The molecule has 0 aromatic heterocycles. The van der Waals surface area contributed by atoms with Crippen LogP contribution in [0.2, 0.25) is 5.02 Å². The van der Waals surface area contributed by atoms with E-state index in [2.05, 4.69) is 5.32 Å². The summed E-state index contributed by atoms with van der Waals surface area (Å²) >= 11 is 6.04. The van der Waals surface area contributed by atoms with E-state index < -0.39 is 11.7 Å². The monoisotopic (exact) mass is 307 g/mol. The van der Waals surface area contributed by atoms with Gasteiger partial charge >= 0.3 is 6.18 Å². The fourth-order valence-corrected chi connectivity index (χ4v) is 2.83. The quantitative estimate of drug-likeness (QED) is 0.914. The zero-order valence-electron chi connectivity index (χ0n) is 11.2. The Kier molecular flexibility index (Phi) is 4.81. The minimum absolute atomic E-state index is 0.127. The molecule has 1 unspecified atom stereocenters. The van der Waals surface area contributed by atoms with Gasteiger partial charge in [0.15, 0.2) is 0 Å². The zero-order chi connectivity index (χ0) is 14.8. The Morgan fingerprint density at radius 2 is 2.15 bits per heavy atom. The van der Waals surface area contributed by atoms with Crippen molar-refractivity contribution in [1.82, 2.24) is 5.32 Å². The molecule has 0 amide bonds. The van der Waals surface area contributed by atoms with E-state index in [1.54, 1.807) is 0 Å². The molecule has 0 spiro atoms. The van der Waals surface area contributed by atoms with Crippen molar-refractivity contribution in [3.8, 4) is 5.75 Å². The van der Waals surface area contributed by atoms with E-state index in [-0.39, 0.29) is 10.8 Å². The summed E-state index contributed by atoms with van der Waals surface area (Å²) in [6.45, 7) is 1.86. The summed E-state index contributed by atoms with van der Waals surface area (Å²) in [4.78, 5) is 0. The number of rotatable bonds is 3. The van der Waals surface area contributed by atoms with Crippen LogP contribution < -0.4 is 10.1 Å². The number of halogens is 4. The van der Waals surface area contributed by atoms with Crippen LogP contribution in [0.25, 0.3) is 0 Å². The fraction of sp³-hybridized carbons (Fsp3) is 0.571. The SMILES string of the molecule is COc1cc(C(F)(F)F)cc(Cl)c1CC1CCCNC1. The average molecular weight is 308 g/mol. The van der Waals surface area contributed by atoms with Crippen molar-refractivity contribution in [3.63, 3.8) is 0 Å². The molecule has 6 heteroatoms. The lowest BCUT2D eigenvalue weighted by Crippen LogP contribution is -2.31. The topological polar surface area (TPSA) is 21.3 Å². The molecule has 0 aliphatic carbocycles. The van der Waals surface area contributed by atoms with Gasteiger partial charge in [-0.2, -0.15) is 13.2 Å². The second kappa shape index (κ2) is 6.22. The maximum Gasteiger partial charge on any atom is 0.416 e. The summed E-state index contributed by atoms with van der Waals surface area (Å²) in [6.07, 6.45) is -1.66.